The molecule has 1 saturated carbocycles. The van der Waals surface area contributed by atoms with Crippen molar-refractivity contribution in [3.8, 4) is 0 Å². The van der Waals surface area contributed by atoms with Gasteiger partial charge in [-0.05, 0) is 38.8 Å². The smallest absolute Gasteiger partial charge is 0.319 e. The first kappa shape index (κ1) is 27.3. The van der Waals surface area contributed by atoms with Crippen LogP contribution in [-0.2, 0) is 23.6 Å². The Kier molecular flexibility index (Phi) is 6.37. The number of urea groups is 1. The number of rotatable bonds is 6. The average molecular weight is 582 g/mol. The number of hydrogen-bond acceptors (Lipinski definition) is 7. The SMILES string of the molecule is C[C@@H]1CN(c2cc(S(=O)(=O)NC3(C)CC3)cc3c(=O)n(Cc4cnn(C)c4)c4nccn4c23)CCN1C(=O)N(C)C. The summed E-state index contributed by atoms with van der Waals surface area (Å²) in [4.78, 5) is 36.9. The standard InChI is InChI=1S/C27H35N9O4S/c1-18-15-33(10-11-34(18)26(38)31(3)4)22-13-20(41(39,40)30-27(2)6-7-27)12-21-23(22)35-9-8-28-25(35)36(24(21)37)17-19-14-29-32(5)16-19/h8-9,12-14,16,18,30H,6-7,10-11,15,17H2,1-5H3/t18-/m1/s1. The van der Waals surface area contributed by atoms with Gasteiger partial charge in [0.05, 0.1) is 34.2 Å². The summed E-state index contributed by atoms with van der Waals surface area (Å²) in [6.07, 6.45) is 8.47. The first-order chi connectivity index (χ1) is 19.4. The minimum atomic E-state index is -3.92. The molecule has 41 heavy (non-hydrogen) atoms. The number of piperazine rings is 1. The van der Waals surface area contributed by atoms with Gasteiger partial charge in [-0.3, -0.25) is 18.4 Å². The maximum atomic E-state index is 14.1. The van der Waals surface area contributed by atoms with Gasteiger partial charge in [0.25, 0.3) is 5.56 Å². The van der Waals surface area contributed by atoms with Gasteiger partial charge >= 0.3 is 6.03 Å². The van der Waals surface area contributed by atoms with Crippen molar-refractivity contribution in [3.05, 3.63) is 52.8 Å². The van der Waals surface area contributed by atoms with E-state index in [0.717, 1.165) is 18.4 Å². The first-order valence-electron chi connectivity index (χ1n) is 13.6. The number of benzene rings is 1. The number of carbonyl (C=O) groups is 1. The fourth-order valence-corrected chi connectivity index (χ4v) is 7.09. The van der Waals surface area contributed by atoms with E-state index in [4.69, 9.17) is 0 Å². The third-order valence-corrected chi connectivity index (χ3v) is 9.65. The van der Waals surface area contributed by atoms with E-state index in [1.165, 1.54) is 6.07 Å². The number of anilines is 1. The van der Waals surface area contributed by atoms with Crippen LogP contribution in [-0.4, -0.2) is 93.3 Å². The Morgan fingerprint density at radius 3 is 2.61 bits per heavy atom. The number of aromatic nitrogens is 5. The van der Waals surface area contributed by atoms with Gasteiger partial charge in [0, 0.05) is 76.5 Å². The quantitative estimate of drug-likeness (QED) is 0.365. The van der Waals surface area contributed by atoms with Crippen molar-refractivity contribution in [1.29, 1.82) is 0 Å². The van der Waals surface area contributed by atoms with Gasteiger partial charge in [0.1, 0.15) is 0 Å². The van der Waals surface area contributed by atoms with Crippen molar-refractivity contribution >= 4 is 38.4 Å². The molecular weight excluding hydrogens is 546 g/mol. The number of fused-ring (bicyclic) bond motifs is 3. The summed E-state index contributed by atoms with van der Waals surface area (Å²) in [5.41, 5.74) is 1.20. The van der Waals surface area contributed by atoms with Crippen LogP contribution in [0.25, 0.3) is 16.7 Å². The van der Waals surface area contributed by atoms with Crippen molar-refractivity contribution in [3.63, 3.8) is 0 Å². The molecule has 0 spiro atoms. The Balaban J connectivity index is 1.54. The Morgan fingerprint density at radius 1 is 1.22 bits per heavy atom. The van der Waals surface area contributed by atoms with Crippen LogP contribution >= 0.6 is 0 Å². The van der Waals surface area contributed by atoms with Gasteiger partial charge < -0.3 is 14.7 Å². The average Bonchev–Trinajstić information content (AvgIpc) is 3.26. The molecule has 1 aliphatic heterocycles. The normalized spacial score (nSPS) is 18.8. The summed E-state index contributed by atoms with van der Waals surface area (Å²) in [5.74, 6) is 0.446. The molecule has 2 aliphatic rings. The number of amides is 2. The highest BCUT2D eigenvalue weighted by molar-refractivity contribution is 7.89. The van der Waals surface area contributed by atoms with Gasteiger partial charge in [0.15, 0.2) is 0 Å². The number of nitrogens with one attached hydrogen (secondary N) is 1. The van der Waals surface area contributed by atoms with Crippen LogP contribution in [0, 0.1) is 0 Å². The molecule has 4 aromatic rings. The van der Waals surface area contributed by atoms with Crippen LogP contribution in [0.5, 0.6) is 0 Å². The molecular formula is C27H35N9O4S. The molecule has 1 saturated heterocycles. The highest BCUT2D eigenvalue weighted by atomic mass is 32.2. The molecule has 0 bridgehead atoms. The van der Waals surface area contributed by atoms with Gasteiger partial charge in [-0.25, -0.2) is 22.9 Å². The summed E-state index contributed by atoms with van der Waals surface area (Å²) in [5, 5.41) is 4.49. The molecule has 3 aromatic heterocycles. The molecule has 13 nitrogen and oxygen atoms in total. The summed E-state index contributed by atoms with van der Waals surface area (Å²) >= 11 is 0. The molecule has 0 unspecified atom stereocenters. The number of aryl methyl sites for hydroxylation is 1. The summed E-state index contributed by atoms with van der Waals surface area (Å²) in [6.45, 7) is 5.48. The minimum Gasteiger partial charge on any atom is -0.366 e. The van der Waals surface area contributed by atoms with Crippen molar-refractivity contribution in [2.75, 3.05) is 38.6 Å². The third-order valence-electron chi connectivity index (χ3n) is 8.03. The lowest BCUT2D eigenvalue weighted by molar-refractivity contribution is 0.147. The number of hydrogen-bond donors (Lipinski definition) is 1. The predicted octanol–water partition coefficient (Wildman–Crippen LogP) is 1.45. The van der Waals surface area contributed by atoms with E-state index < -0.39 is 15.6 Å². The Labute approximate surface area is 238 Å². The fourth-order valence-electron chi connectivity index (χ4n) is 5.58. The predicted molar refractivity (Wildman–Crippen MR) is 155 cm³/mol. The number of imidazole rings is 1. The van der Waals surface area contributed by atoms with E-state index in [1.54, 1.807) is 59.9 Å². The second-order valence-corrected chi connectivity index (χ2v) is 13.4. The highest BCUT2D eigenvalue weighted by Gasteiger charge is 2.41. The molecule has 2 fully saturated rings. The van der Waals surface area contributed by atoms with Crippen LogP contribution < -0.4 is 15.2 Å². The van der Waals surface area contributed by atoms with E-state index in [-0.39, 0.29) is 34.5 Å². The molecule has 218 valence electrons. The van der Waals surface area contributed by atoms with Gasteiger partial charge in [-0.2, -0.15) is 5.10 Å². The Hall–Kier alpha value is -3.91. The van der Waals surface area contributed by atoms with Crippen LogP contribution in [0.2, 0.25) is 0 Å². The monoisotopic (exact) mass is 581 g/mol. The summed E-state index contributed by atoms with van der Waals surface area (Å²) < 4.78 is 35.1. The molecule has 1 N–H and O–H groups in total. The minimum absolute atomic E-state index is 0.0390. The topological polar surface area (TPSA) is 130 Å². The molecule has 2 amide bonds. The number of sulfonamides is 1. The second-order valence-electron chi connectivity index (χ2n) is 11.7. The maximum absolute atomic E-state index is 14.1. The van der Waals surface area contributed by atoms with Crippen molar-refractivity contribution in [1.82, 2.24) is 38.3 Å². The fraction of sp³-hybridized carbons (Fsp3) is 0.481. The van der Waals surface area contributed by atoms with Crippen LogP contribution in [0.15, 0.2) is 46.6 Å². The van der Waals surface area contributed by atoms with E-state index in [2.05, 4.69) is 19.7 Å². The van der Waals surface area contributed by atoms with Crippen molar-refractivity contribution in [2.24, 2.45) is 7.05 Å². The highest BCUT2D eigenvalue weighted by Crippen LogP contribution is 2.37. The van der Waals surface area contributed by atoms with E-state index >= 15 is 0 Å². The van der Waals surface area contributed by atoms with Crippen LogP contribution in [0.3, 0.4) is 0 Å². The van der Waals surface area contributed by atoms with Crippen LogP contribution in [0.4, 0.5) is 10.5 Å². The maximum Gasteiger partial charge on any atom is 0.319 e. The molecule has 0 radical (unpaired) electrons. The summed E-state index contributed by atoms with van der Waals surface area (Å²) in [7, 11) is 1.34. The van der Waals surface area contributed by atoms with Gasteiger partial charge in [-0.15, -0.1) is 0 Å². The third kappa shape index (κ3) is 4.84. The zero-order valence-electron chi connectivity index (χ0n) is 23.9. The van der Waals surface area contributed by atoms with E-state index in [1.807, 2.05) is 29.3 Å². The van der Waals surface area contributed by atoms with Gasteiger partial charge in [0.2, 0.25) is 15.8 Å². The van der Waals surface area contributed by atoms with Crippen molar-refractivity contribution in [2.45, 2.75) is 49.7 Å². The second kappa shape index (κ2) is 9.58. The molecule has 1 atom stereocenters. The van der Waals surface area contributed by atoms with Crippen LogP contribution in [0.1, 0.15) is 32.3 Å². The van der Waals surface area contributed by atoms with E-state index in [0.29, 0.717) is 36.6 Å². The molecule has 6 rings (SSSR count). The largest absolute Gasteiger partial charge is 0.366 e. The van der Waals surface area contributed by atoms with Gasteiger partial charge in [-0.1, -0.05) is 0 Å². The lowest BCUT2D eigenvalue weighted by Crippen LogP contribution is -2.56. The molecule has 4 heterocycles. The summed E-state index contributed by atoms with van der Waals surface area (Å²) in [6, 6.07) is 2.91. The van der Waals surface area contributed by atoms with E-state index in [9.17, 15) is 18.0 Å². The Morgan fingerprint density at radius 2 is 1.98 bits per heavy atom. The number of carbonyl (C=O) groups excluding carboxylic acids is 1. The lowest BCUT2D eigenvalue weighted by Gasteiger charge is -2.42. The zero-order chi connectivity index (χ0) is 29.3. The molecule has 14 heteroatoms. The number of nitrogens with zero attached hydrogens (tertiary/aromatic N) is 8. The lowest BCUT2D eigenvalue weighted by atomic mass is 10.1. The zero-order valence-corrected chi connectivity index (χ0v) is 24.7. The first-order valence-corrected chi connectivity index (χ1v) is 15.1. The Bertz CT molecular complexity index is 1830. The van der Waals surface area contributed by atoms with Crippen molar-refractivity contribution < 1.29 is 13.2 Å². The molecule has 1 aliphatic carbocycles. The molecule has 1 aromatic carbocycles.